The second-order valence-electron chi connectivity index (χ2n) is 8.08. The van der Waals surface area contributed by atoms with Gasteiger partial charge in [-0.3, -0.25) is 4.79 Å². The van der Waals surface area contributed by atoms with Crippen LogP contribution >= 0.6 is 0 Å². The van der Waals surface area contributed by atoms with Gasteiger partial charge in [0, 0.05) is 30.0 Å². The Kier molecular flexibility index (Phi) is 8.59. The van der Waals surface area contributed by atoms with E-state index in [2.05, 4.69) is 10.3 Å². The molecule has 1 aromatic heterocycles. The summed E-state index contributed by atoms with van der Waals surface area (Å²) in [6.07, 6.45) is 0.172. The number of aromatic nitrogens is 1. The molecule has 2 N–H and O–H groups in total. The Bertz CT molecular complexity index is 1300. The highest BCUT2D eigenvalue weighted by molar-refractivity contribution is 5.97. The summed E-state index contributed by atoms with van der Waals surface area (Å²) in [5.74, 6) is -5.51. The number of esters is 1. The zero-order chi connectivity index (χ0) is 27.3. The van der Waals surface area contributed by atoms with Crippen molar-refractivity contribution in [2.75, 3.05) is 14.2 Å². The number of halogens is 3. The fraction of sp³-hybridized carbons (Fsp3) is 0.269. The molecule has 1 amide bonds. The van der Waals surface area contributed by atoms with E-state index in [1.54, 1.807) is 0 Å². The highest BCUT2D eigenvalue weighted by atomic mass is 19.1. The molecule has 0 aliphatic rings. The number of carbonyl (C=O) groups excluding carboxylic acids is 2. The van der Waals surface area contributed by atoms with Gasteiger partial charge in [0.15, 0.2) is 17.2 Å². The van der Waals surface area contributed by atoms with E-state index in [0.717, 1.165) is 18.2 Å². The van der Waals surface area contributed by atoms with Gasteiger partial charge in [-0.2, -0.15) is 0 Å². The smallest absolute Gasteiger partial charge is 0.328 e. The van der Waals surface area contributed by atoms with Crippen LogP contribution in [0.5, 0.6) is 17.2 Å². The summed E-state index contributed by atoms with van der Waals surface area (Å²) in [5.41, 5.74) is -0.0972. The second kappa shape index (κ2) is 11.6. The van der Waals surface area contributed by atoms with Crippen LogP contribution < -0.4 is 14.8 Å². The third kappa shape index (κ3) is 6.11. The van der Waals surface area contributed by atoms with Gasteiger partial charge in [-0.25, -0.2) is 22.9 Å². The standard InChI is InChI=1S/C26H25F3N2O6/c1-13(31-25(33)23-24(32)20(35-3)9-10-30-23)26(34)37-14(2)22(17-7-5-15(27)11-19(17)29)18-8-6-16(28)12-21(18)36-4/h5-14,22,32H,1-4H3,(H,31,33)/t13-,14-,22+/m0/s1. The number of carbonyl (C=O) groups is 2. The molecule has 1 heterocycles. The first-order valence-corrected chi connectivity index (χ1v) is 11.1. The number of pyridine rings is 1. The molecule has 0 bridgehead atoms. The predicted molar refractivity (Wildman–Crippen MR) is 126 cm³/mol. The normalized spacial score (nSPS) is 13.3. The van der Waals surface area contributed by atoms with Crippen molar-refractivity contribution >= 4 is 11.9 Å². The van der Waals surface area contributed by atoms with Crippen molar-refractivity contribution in [1.82, 2.24) is 10.3 Å². The first kappa shape index (κ1) is 27.3. The van der Waals surface area contributed by atoms with E-state index >= 15 is 0 Å². The maximum absolute atomic E-state index is 14.8. The van der Waals surface area contributed by atoms with E-state index in [-0.39, 0.29) is 28.3 Å². The van der Waals surface area contributed by atoms with Crippen LogP contribution in [0.15, 0.2) is 48.7 Å². The highest BCUT2D eigenvalue weighted by Crippen LogP contribution is 2.37. The van der Waals surface area contributed by atoms with Crippen LogP contribution in [0.4, 0.5) is 13.2 Å². The number of hydrogen-bond acceptors (Lipinski definition) is 7. The molecule has 37 heavy (non-hydrogen) atoms. The van der Waals surface area contributed by atoms with Gasteiger partial charge < -0.3 is 24.6 Å². The van der Waals surface area contributed by atoms with Crippen LogP contribution in [-0.4, -0.2) is 48.3 Å². The summed E-state index contributed by atoms with van der Waals surface area (Å²) in [4.78, 5) is 29.2. The number of benzene rings is 2. The van der Waals surface area contributed by atoms with Gasteiger partial charge in [-0.1, -0.05) is 12.1 Å². The number of ether oxygens (including phenoxy) is 3. The zero-order valence-electron chi connectivity index (χ0n) is 20.4. The molecule has 3 aromatic rings. The lowest BCUT2D eigenvalue weighted by atomic mass is 9.86. The highest BCUT2D eigenvalue weighted by Gasteiger charge is 2.32. The number of aromatic hydroxyl groups is 1. The molecule has 196 valence electrons. The van der Waals surface area contributed by atoms with E-state index in [9.17, 15) is 27.9 Å². The SMILES string of the molecule is COc1cc(F)ccc1[C@@H](c1ccc(F)cc1F)[C@H](C)OC(=O)[C@H](C)NC(=O)c1nccc(OC)c1O. The maximum atomic E-state index is 14.8. The Balaban J connectivity index is 1.87. The van der Waals surface area contributed by atoms with E-state index in [4.69, 9.17) is 14.2 Å². The Morgan fingerprint density at radius 1 is 0.919 bits per heavy atom. The molecule has 0 aliphatic heterocycles. The molecule has 0 unspecified atom stereocenters. The van der Waals surface area contributed by atoms with Gasteiger partial charge in [0.1, 0.15) is 35.3 Å². The van der Waals surface area contributed by atoms with Crippen molar-refractivity contribution < 1.29 is 42.1 Å². The lowest BCUT2D eigenvalue weighted by Crippen LogP contribution is -2.41. The number of hydrogen-bond donors (Lipinski definition) is 2. The summed E-state index contributed by atoms with van der Waals surface area (Å²) in [6, 6.07) is 6.65. The fourth-order valence-electron chi connectivity index (χ4n) is 3.81. The van der Waals surface area contributed by atoms with Crippen LogP contribution in [0, 0.1) is 17.5 Å². The predicted octanol–water partition coefficient (Wildman–Crippen LogP) is 4.10. The van der Waals surface area contributed by atoms with Gasteiger partial charge in [-0.05, 0) is 31.5 Å². The summed E-state index contributed by atoms with van der Waals surface area (Å²) >= 11 is 0. The number of rotatable bonds is 9. The van der Waals surface area contributed by atoms with Crippen molar-refractivity contribution in [1.29, 1.82) is 0 Å². The molecular formula is C26H25F3N2O6. The van der Waals surface area contributed by atoms with E-state index in [1.165, 1.54) is 52.5 Å². The molecule has 0 radical (unpaired) electrons. The number of amides is 1. The van der Waals surface area contributed by atoms with E-state index in [1.807, 2.05) is 0 Å². The summed E-state index contributed by atoms with van der Waals surface area (Å²) in [5, 5.41) is 12.5. The van der Waals surface area contributed by atoms with Crippen molar-refractivity contribution in [3.63, 3.8) is 0 Å². The van der Waals surface area contributed by atoms with E-state index in [0.29, 0.717) is 6.07 Å². The monoisotopic (exact) mass is 518 g/mol. The lowest BCUT2D eigenvalue weighted by Gasteiger charge is -2.28. The summed E-state index contributed by atoms with van der Waals surface area (Å²) in [7, 11) is 2.60. The zero-order valence-corrected chi connectivity index (χ0v) is 20.4. The average molecular weight is 518 g/mol. The van der Waals surface area contributed by atoms with Crippen LogP contribution in [0.25, 0.3) is 0 Å². The van der Waals surface area contributed by atoms with Crippen LogP contribution in [0.3, 0.4) is 0 Å². The molecule has 11 heteroatoms. The van der Waals surface area contributed by atoms with Crippen molar-refractivity contribution in [2.45, 2.75) is 31.9 Å². The van der Waals surface area contributed by atoms with Gasteiger partial charge in [0.25, 0.3) is 5.91 Å². The van der Waals surface area contributed by atoms with Crippen molar-refractivity contribution in [3.8, 4) is 17.2 Å². The largest absolute Gasteiger partial charge is 0.503 e. The number of nitrogens with one attached hydrogen (secondary N) is 1. The van der Waals surface area contributed by atoms with Gasteiger partial charge in [0.05, 0.1) is 20.1 Å². The lowest BCUT2D eigenvalue weighted by molar-refractivity contribution is -0.150. The first-order chi connectivity index (χ1) is 17.6. The van der Waals surface area contributed by atoms with Crippen molar-refractivity contribution in [3.05, 3.63) is 82.9 Å². The molecule has 0 spiro atoms. The van der Waals surface area contributed by atoms with Crippen LogP contribution in [0.1, 0.15) is 41.4 Å². The molecule has 0 aliphatic carbocycles. The third-order valence-corrected chi connectivity index (χ3v) is 5.62. The molecule has 2 aromatic carbocycles. The second-order valence-corrected chi connectivity index (χ2v) is 8.08. The Labute approximate surface area is 211 Å². The maximum Gasteiger partial charge on any atom is 0.328 e. The third-order valence-electron chi connectivity index (χ3n) is 5.62. The Morgan fingerprint density at radius 2 is 1.54 bits per heavy atom. The molecule has 3 rings (SSSR count). The number of nitrogens with zero attached hydrogens (tertiary/aromatic N) is 1. The minimum atomic E-state index is -1.21. The Hall–Kier alpha value is -4.28. The topological polar surface area (TPSA) is 107 Å². The summed E-state index contributed by atoms with van der Waals surface area (Å²) < 4.78 is 58.0. The molecule has 8 nitrogen and oxygen atoms in total. The molecule has 0 fully saturated rings. The van der Waals surface area contributed by atoms with E-state index < -0.39 is 53.1 Å². The molecule has 0 saturated carbocycles. The molecule has 3 atom stereocenters. The quantitative estimate of drug-likeness (QED) is 0.411. The minimum Gasteiger partial charge on any atom is -0.503 e. The van der Waals surface area contributed by atoms with Crippen molar-refractivity contribution in [2.24, 2.45) is 0 Å². The first-order valence-electron chi connectivity index (χ1n) is 11.1. The molecule has 0 saturated heterocycles. The van der Waals surface area contributed by atoms with Crippen LogP contribution in [0.2, 0.25) is 0 Å². The van der Waals surface area contributed by atoms with Gasteiger partial charge in [-0.15, -0.1) is 0 Å². The van der Waals surface area contributed by atoms with Gasteiger partial charge >= 0.3 is 5.97 Å². The fourth-order valence-corrected chi connectivity index (χ4v) is 3.81. The average Bonchev–Trinajstić information content (AvgIpc) is 2.86. The van der Waals surface area contributed by atoms with Crippen LogP contribution in [-0.2, 0) is 9.53 Å². The Morgan fingerprint density at radius 3 is 2.16 bits per heavy atom. The summed E-state index contributed by atoms with van der Waals surface area (Å²) in [6.45, 7) is 2.81. The van der Waals surface area contributed by atoms with Gasteiger partial charge in [0.2, 0.25) is 0 Å². The molecular weight excluding hydrogens is 493 g/mol. The minimum absolute atomic E-state index is 0.0152. The number of methoxy groups -OCH3 is 2.